The minimum atomic E-state index is -3.08. The second-order valence-electron chi connectivity index (χ2n) is 5.74. The number of benzene rings is 1. The molecule has 0 unspecified atom stereocenters. The van der Waals surface area contributed by atoms with E-state index in [0.29, 0.717) is 37.1 Å². The van der Waals surface area contributed by atoms with Crippen molar-refractivity contribution >= 4 is 21.7 Å². The minimum absolute atomic E-state index is 0.0362. The van der Waals surface area contributed by atoms with E-state index in [2.05, 4.69) is 0 Å². The Morgan fingerprint density at radius 1 is 1.18 bits per heavy atom. The summed E-state index contributed by atoms with van der Waals surface area (Å²) in [6.07, 6.45) is 2.36. The average molecular weight is 324 g/mol. The summed E-state index contributed by atoms with van der Waals surface area (Å²) < 4.78 is 22.5. The summed E-state index contributed by atoms with van der Waals surface area (Å²) in [5.74, 6) is -0.599. The molecule has 1 saturated heterocycles. The number of hydrogen-bond acceptors (Lipinski definition) is 4. The van der Waals surface area contributed by atoms with Gasteiger partial charge in [0.05, 0.1) is 5.75 Å². The Bertz CT molecular complexity index is 659. The van der Waals surface area contributed by atoms with Gasteiger partial charge in [0.1, 0.15) is 0 Å². The van der Waals surface area contributed by atoms with Crippen LogP contribution in [0.3, 0.4) is 0 Å². The highest BCUT2D eigenvalue weighted by Crippen LogP contribution is 2.19. The smallest absolute Gasteiger partial charge is 0.253 e. The lowest BCUT2D eigenvalue weighted by Gasteiger charge is -2.30. The molecule has 0 spiro atoms. The molecular formula is C15H20N2O4S. The normalized spacial score (nSPS) is 16.5. The zero-order valence-corrected chi connectivity index (χ0v) is 13.3. The SMILES string of the molecule is CS(=O)(=O)Cc1ccc(C(=O)N2CCC(C(N)=O)CC2)cc1. The molecule has 0 radical (unpaired) electrons. The molecule has 0 saturated carbocycles. The van der Waals surface area contributed by atoms with E-state index in [4.69, 9.17) is 5.73 Å². The van der Waals surface area contributed by atoms with Crippen molar-refractivity contribution in [1.82, 2.24) is 4.90 Å². The van der Waals surface area contributed by atoms with E-state index in [9.17, 15) is 18.0 Å². The van der Waals surface area contributed by atoms with Crippen molar-refractivity contribution in [2.24, 2.45) is 11.7 Å². The van der Waals surface area contributed by atoms with Crippen molar-refractivity contribution in [3.63, 3.8) is 0 Å². The lowest BCUT2D eigenvalue weighted by atomic mass is 9.96. The number of nitrogens with zero attached hydrogens (tertiary/aromatic N) is 1. The fourth-order valence-corrected chi connectivity index (χ4v) is 3.39. The van der Waals surface area contributed by atoms with Gasteiger partial charge < -0.3 is 10.6 Å². The van der Waals surface area contributed by atoms with E-state index in [-0.39, 0.29) is 23.5 Å². The molecule has 1 heterocycles. The van der Waals surface area contributed by atoms with Crippen LogP contribution in [0.5, 0.6) is 0 Å². The minimum Gasteiger partial charge on any atom is -0.369 e. The third kappa shape index (κ3) is 4.30. The number of carbonyl (C=O) groups excluding carboxylic acids is 2. The summed E-state index contributed by atoms with van der Waals surface area (Å²) in [7, 11) is -3.08. The molecule has 2 amide bonds. The molecule has 1 aromatic rings. The molecule has 0 atom stereocenters. The highest BCUT2D eigenvalue weighted by atomic mass is 32.2. The van der Waals surface area contributed by atoms with E-state index in [1.54, 1.807) is 29.2 Å². The van der Waals surface area contributed by atoms with Gasteiger partial charge in [-0.05, 0) is 30.5 Å². The van der Waals surface area contributed by atoms with Gasteiger partial charge in [0.15, 0.2) is 9.84 Å². The van der Waals surface area contributed by atoms with E-state index >= 15 is 0 Å². The quantitative estimate of drug-likeness (QED) is 0.875. The first kappa shape index (κ1) is 16.5. The number of primary amides is 1. The fourth-order valence-electron chi connectivity index (χ4n) is 2.60. The van der Waals surface area contributed by atoms with Gasteiger partial charge in [-0.25, -0.2) is 8.42 Å². The van der Waals surface area contributed by atoms with Gasteiger partial charge in [0, 0.05) is 30.8 Å². The van der Waals surface area contributed by atoms with E-state index in [0.717, 1.165) is 0 Å². The molecule has 0 bridgehead atoms. The zero-order valence-electron chi connectivity index (χ0n) is 12.5. The second kappa shape index (κ2) is 6.48. The van der Waals surface area contributed by atoms with Gasteiger partial charge in [0.2, 0.25) is 5.91 Å². The Labute approximate surface area is 130 Å². The molecule has 1 aromatic carbocycles. The van der Waals surface area contributed by atoms with Crippen molar-refractivity contribution < 1.29 is 18.0 Å². The summed E-state index contributed by atoms with van der Waals surface area (Å²) in [4.78, 5) is 25.2. The predicted molar refractivity (Wildman–Crippen MR) is 82.8 cm³/mol. The number of amides is 2. The lowest BCUT2D eigenvalue weighted by molar-refractivity contribution is -0.123. The average Bonchev–Trinajstić information content (AvgIpc) is 2.46. The maximum absolute atomic E-state index is 12.4. The monoisotopic (exact) mass is 324 g/mol. The molecule has 120 valence electrons. The number of hydrogen-bond donors (Lipinski definition) is 1. The number of carbonyl (C=O) groups is 2. The van der Waals surface area contributed by atoms with Crippen LogP contribution < -0.4 is 5.73 Å². The summed E-state index contributed by atoms with van der Waals surface area (Å²) in [6, 6.07) is 6.60. The van der Waals surface area contributed by atoms with Crippen molar-refractivity contribution in [3.05, 3.63) is 35.4 Å². The van der Waals surface area contributed by atoms with Crippen LogP contribution >= 0.6 is 0 Å². The van der Waals surface area contributed by atoms with Crippen LogP contribution in [0, 0.1) is 5.92 Å². The Balaban J connectivity index is 2.00. The first-order valence-electron chi connectivity index (χ1n) is 7.11. The first-order valence-corrected chi connectivity index (χ1v) is 9.17. The van der Waals surface area contributed by atoms with Gasteiger partial charge >= 0.3 is 0 Å². The zero-order chi connectivity index (χ0) is 16.3. The van der Waals surface area contributed by atoms with Gasteiger partial charge in [0.25, 0.3) is 5.91 Å². The van der Waals surface area contributed by atoms with Crippen LogP contribution in [0.2, 0.25) is 0 Å². The summed E-state index contributed by atoms with van der Waals surface area (Å²) in [5.41, 5.74) is 6.46. The third-order valence-electron chi connectivity index (χ3n) is 3.81. The summed E-state index contributed by atoms with van der Waals surface area (Å²) >= 11 is 0. The van der Waals surface area contributed by atoms with Crippen molar-refractivity contribution in [3.8, 4) is 0 Å². The molecule has 1 fully saturated rings. The molecule has 2 rings (SSSR count). The maximum Gasteiger partial charge on any atom is 0.253 e. The van der Waals surface area contributed by atoms with E-state index in [1.165, 1.54) is 6.26 Å². The molecular weight excluding hydrogens is 304 g/mol. The first-order chi connectivity index (χ1) is 10.3. The number of likely N-dealkylation sites (tertiary alicyclic amines) is 1. The third-order valence-corrected chi connectivity index (χ3v) is 4.67. The Morgan fingerprint density at radius 3 is 2.18 bits per heavy atom. The molecule has 1 aliphatic rings. The Hall–Kier alpha value is -1.89. The highest BCUT2D eigenvalue weighted by molar-refractivity contribution is 7.89. The van der Waals surface area contributed by atoms with Gasteiger partial charge in [-0.15, -0.1) is 0 Å². The van der Waals surface area contributed by atoms with Crippen molar-refractivity contribution in [2.75, 3.05) is 19.3 Å². The van der Waals surface area contributed by atoms with Gasteiger partial charge in [-0.1, -0.05) is 12.1 Å². The Morgan fingerprint density at radius 2 is 1.73 bits per heavy atom. The number of rotatable bonds is 4. The van der Waals surface area contributed by atoms with E-state index in [1.807, 2.05) is 0 Å². The van der Waals surface area contributed by atoms with Crippen LogP contribution in [0.4, 0.5) is 0 Å². The Kier molecular flexibility index (Phi) is 4.85. The molecule has 1 aliphatic heterocycles. The number of sulfone groups is 1. The van der Waals surface area contributed by atoms with Crippen molar-refractivity contribution in [1.29, 1.82) is 0 Å². The van der Waals surface area contributed by atoms with Gasteiger partial charge in [-0.3, -0.25) is 9.59 Å². The molecule has 0 aromatic heterocycles. The molecule has 0 aliphatic carbocycles. The summed E-state index contributed by atoms with van der Waals surface area (Å²) in [6.45, 7) is 1.02. The topological polar surface area (TPSA) is 97.5 Å². The largest absolute Gasteiger partial charge is 0.369 e. The van der Waals surface area contributed by atoms with Crippen molar-refractivity contribution in [2.45, 2.75) is 18.6 Å². The fraction of sp³-hybridized carbons (Fsp3) is 0.467. The summed E-state index contributed by atoms with van der Waals surface area (Å²) in [5, 5.41) is 0. The van der Waals surface area contributed by atoms with Gasteiger partial charge in [-0.2, -0.15) is 0 Å². The maximum atomic E-state index is 12.4. The van der Waals surface area contributed by atoms with Crippen LogP contribution in [-0.2, 0) is 20.4 Å². The number of piperidine rings is 1. The molecule has 22 heavy (non-hydrogen) atoms. The second-order valence-corrected chi connectivity index (χ2v) is 7.88. The van der Waals surface area contributed by atoms with Crippen LogP contribution in [0.1, 0.15) is 28.8 Å². The van der Waals surface area contributed by atoms with E-state index < -0.39 is 9.84 Å². The molecule has 7 heteroatoms. The molecule has 6 nitrogen and oxygen atoms in total. The van der Waals surface area contributed by atoms with Crippen LogP contribution in [-0.4, -0.2) is 44.5 Å². The standard InChI is InChI=1S/C15H20N2O4S/c1-22(20,21)10-11-2-4-13(5-3-11)15(19)17-8-6-12(7-9-17)14(16)18/h2-5,12H,6-10H2,1H3,(H2,16,18). The predicted octanol–water partition coefficient (Wildman–Crippen LogP) is 0.569. The number of nitrogens with two attached hydrogens (primary N) is 1. The van der Waals surface area contributed by atoms with Crippen LogP contribution in [0.15, 0.2) is 24.3 Å². The lowest BCUT2D eigenvalue weighted by Crippen LogP contribution is -2.41. The highest BCUT2D eigenvalue weighted by Gasteiger charge is 2.26. The van der Waals surface area contributed by atoms with Crippen LogP contribution in [0.25, 0.3) is 0 Å². The molecule has 2 N–H and O–H groups in total.